The van der Waals surface area contributed by atoms with Crippen molar-refractivity contribution in [3.63, 3.8) is 0 Å². The number of benzene rings is 1. The minimum atomic E-state index is -0.514. The molecule has 2 nitrogen and oxygen atoms in total. The van der Waals surface area contributed by atoms with Crippen LogP contribution in [0.3, 0.4) is 0 Å². The van der Waals surface area contributed by atoms with Crippen molar-refractivity contribution >= 4 is 33.4 Å². The van der Waals surface area contributed by atoms with Gasteiger partial charge in [-0.05, 0) is 37.0 Å². The highest BCUT2D eigenvalue weighted by Gasteiger charge is 2.08. The topological polar surface area (TPSA) is 29.1 Å². The van der Waals surface area contributed by atoms with E-state index in [1.165, 1.54) is 18.2 Å². The number of rotatable bonds is 6. The predicted molar refractivity (Wildman–Crippen MR) is 75.9 cm³/mol. The van der Waals surface area contributed by atoms with E-state index in [1.54, 1.807) is 0 Å². The van der Waals surface area contributed by atoms with E-state index >= 15 is 0 Å². The zero-order chi connectivity index (χ0) is 13.5. The Labute approximate surface area is 120 Å². The highest BCUT2D eigenvalue weighted by molar-refractivity contribution is 9.09. The van der Waals surface area contributed by atoms with Crippen LogP contribution < -0.4 is 5.32 Å². The van der Waals surface area contributed by atoms with Crippen LogP contribution in [-0.4, -0.2) is 17.8 Å². The number of hydrogen-bond donors (Lipinski definition) is 1. The molecular formula is C13H16BrClFNO. The number of nitrogens with one attached hydrogen (secondary N) is 1. The molecule has 0 heterocycles. The molecular weight excluding hydrogens is 321 g/mol. The van der Waals surface area contributed by atoms with Crippen molar-refractivity contribution < 1.29 is 9.18 Å². The summed E-state index contributed by atoms with van der Waals surface area (Å²) in [6, 6.07) is 3.97. The van der Waals surface area contributed by atoms with Crippen molar-refractivity contribution in [2.45, 2.75) is 19.8 Å². The molecule has 0 spiro atoms. The van der Waals surface area contributed by atoms with E-state index in [9.17, 15) is 9.18 Å². The van der Waals surface area contributed by atoms with Crippen LogP contribution in [0.25, 0.3) is 0 Å². The Balaban J connectivity index is 2.39. The SMILES string of the molecule is CC(CBr)CCCNC(=O)c1ccc(F)c(Cl)c1. The summed E-state index contributed by atoms with van der Waals surface area (Å²) in [5.74, 6) is -0.134. The molecule has 1 amide bonds. The van der Waals surface area contributed by atoms with Crippen LogP contribution >= 0.6 is 27.5 Å². The van der Waals surface area contributed by atoms with Gasteiger partial charge >= 0.3 is 0 Å². The molecule has 0 aliphatic carbocycles. The van der Waals surface area contributed by atoms with Crippen LogP contribution in [0.4, 0.5) is 4.39 Å². The van der Waals surface area contributed by atoms with E-state index in [-0.39, 0.29) is 10.9 Å². The zero-order valence-corrected chi connectivity index (χ0v) is 12.5. The molecule has 100 valence electrons. The monoisotopic (exact) mass is 335 g/mol. The second-order valence-corrected chi connectivity index (χ2v) is 5.34. The highest BCUT2D eigenvalue weighted by atomic mass is 79.9. The van der Waals surface area contributed by atoms with Crippen molar-refractivity contribution in [1.29, 1.82) is 0 Å². The first-order valence-corrected chi connectivity index (χ1v) is 7.33. The van der Waals surface area contributed by atoms with E-state index in [2.05, 4.69) is 28.2 Å². The lowest BCUT2D eigenvalue weighted by molar-refractivity contribution is 0.0952. The van der Waals surface area contributed by atoms with Gasteiger partial charge in [0.2, 0.25) is 0 Å². The van der Waals surface area contributed by atoms with Crippen LogP contribution in [-0.2, 0) is 0 Å². The summed E-state index contributed by atoms with van der Waals surface area (Å²) in [6.07, 6.45) is 1.98. The van der Waals surface area contributed by atoms with Crippen molar-refractivity contribution in [3.8, 4) is 0 Å². The molecule has 0 radical (unpaired) electrons. The molecule has 1 aromatic carbocycles. The molecule has 0 saturated heterocycles. The molecule has 0 aliphatic heterocycles. The highest BCUT2D eigenvalue weighted by Crippen LogP contribution is 2.16. The smallest absolute Gasteiger partial charge is 0.251 e. The summed E-state index contributed by atoms with van der Waals surface area (Å²) in [5.41, 5.74) is 0.384. The fourth-order valence-corrected chi connectivity index (χ4v) is 1.97. The van der Waals surface area contributed by atoms with Gasteiger partial charge in [-0.15, -0.1) is 0 Å². The van der Waals surface area contributed by atoms with Gasteiger partial charge in [0.15, 0.2) is 0 Å². The van der Waals surface area contributed by atoms with Gasteiger partial charge < -0.3 is 5.32 Å². The number of amides is 1. The number of halogens is 3. The van der Waals surface area contributed by atoms with E-state index in [4.69, 9.17) is 11.6 Å². The molecule has 1 rings (SSSR count). The van der Waals surface area contributed by atoms with Crippen LogP contribution in [0.5, 0.6) is 0 Å². The Bertz CT molecular complexity index is 414. The zero-order valence-electron chi connectivity index (χ0n) is 10.2. The minimum absolute atomic E-state index is 0.0319. The summed E-state index contributed by atoms with van der Waals surface area (Å²) < 4.78 is 12.9. The predicted octanol–water partition coefficient (Wildman–Crippen LogP) is 4.02. The summed E-state index contributed by atoms with van der Waals surface area (Å²) in [7, 11) is 0. The van der Waals surface area contributed by atoms with Gasteiger partial charge in [-0.3, -0.25) is 4.79 Å². The molecule has 1 N–H and O–H groups in total. The Morgan fingerprint density at radius 2 is 2.28 bits per heavy atom. The first-order chi connectivity index (χ1) is 8.54. The molecule has 0 fully saturated rings. The van der Waals surface area contributed by atoms with Crippen LogP contribution in [0.2, 0.25) is 5.02 Å². The van der Waals surface area contributed by atoms with Gasteiger partial charge in [-0.1, -0.05) is 34.5 Å². The number of carbonyl (C=O) groups excluding carboxylic acids is 1. The van der Waals surface area contributed by atoms with Crippen LogP contribution in [0.15, 0.2) is 18.2 Å². The van der Waals surface area contributed by atoms with E-state index in [0.29, 0.717) is 18.0 Å². The number of carbonyl (C=O) groups is 1. The fraction of sp³-hybridized carbons (Fsp3) is 0.462. The fourth-order valence-electron chi connectivity index (χ4n) is 1.47. The summed E-state index contributed by atoms with van der Waals surface area (Å²) >= 11 is 9.03. The first-order valence-electron chi connectivity index (χ1n) is 5.83. The molecule has 0 aliphatic rings. The number of hydrogen-bond acceptors (Lipinski definition) is 1. The van der Waals surface area contributed by atoms with Crippen molar-refractivity contribution in [3.05, 3.63) is 34.6 Å². The van der Waals surface area contributed by atoms with Crippen molar-refractivity contribution in [1.82, 2.24) is 5.32 Å². The van der Waals surface area contributed by atoms with Crippen molar-refractivity contribution in [2.24, 2.45) is 5.92 Å². The molecule has 0 aromatic heterocycles. The molecule has 1 unspecified atom stereocenters. The summed E-state index contributed by atoms with van der Waals surface area (Å²) in [4.78, 5) is 11.7. The first kappa shape index (κ1) is 15.4. The lowest BCUT2D eigenvalue weighted by atomic mass is 10.1. The molecule has 18 heavy (non-hydrogen) atoms. The van der Waals surface area contributed by atoms with Gasteiger partial charge in [-0.2, -0.15) is 0 Å². The molecule has 5 heteroatoms. The van der Waals surface area contributed by atoms with Gasteiger partial charge in [-0.25, -0.2) is 4.39 Å². The van der Waals surface area contributed by atoms with E-state index < -0.39 is 5.82 Å². The average molecular weight is 337 g/mol. The Morgan fingerprint density at radius 1 is 1.56 bits per heavy atom. The molecule has 0 saturated carbocycles. The van der Waals surface area contributed by atoms with Gasteiger partial charge in [0.05, 0.1) is 5.02 Å². The van der Waals surface area contributed by atoms with Crippen molar-refractivity contribution in [2.75, 3.05) is 11.9 Å². The van der Waals surface area contributed by atoms with Crippen LogP contribution in [0, 0.1) is 11.7 Å². The maximum absolute atomic E-state index is 12.9. The Hall–Kier alpha value is -0.610. The average Bonchev–Trinajstić information content (AvgIpc) is 2.37. The molecule has 1 atom stereocenters. The molecule has 0 bridgehead atoms. The maximum Gasteiger partial charge on any atom is 0.251 e. The second kappa shape index (κ2) is 7.74. The quantitative estimate of drug-likeness (QED) is 0.617. The third-order valence-corrected chi connectivity index (χ3v) is 4.00. The number of alkyl halides is 1. The van der Waals surface area contributed by atoms with Gasteiger partial charge in [0.1, 0.15) is 5.82 Å². The van der Waals surface area contributed by atoms with Crippen LogP contribution in [0.1, 0.15) is 30.1 Å². The minimum Gasteiger partial charge on any atom is -0.352 e. The summed E-state index contributed by atoms with van der Waals surface area (Å²) in [5, 5.41) is 3.72. The standard InChI is InChI=1S/C13H16BrClFNO/c1-9(8-14)3-2-6-17-13(18)10-4-5-12(16)11(15)7-10/h4-5,7,9H,2-3,6,8H2,1H3,(H,17,18). The van der Waals surface area contributed by atoms with E-state index in [1.807, 2.05) is 0 Å². The molecule has 1 aromatic rings. The third kappa shape index (κ3) is 4.94. The third-order valence-electron chi connectivity index (χ3n) is 2.60. The normalized spacial score (nSPS) is 12.2. The Morgan fingerprint density at radius 3 is 2.89 bits per heavy atom. The Kier molecular flexibility index (Phi) is 6.65. The largest absolute Gasteiger partial charge is 0.352 e. The van der Waals surface area contributed by atoms with Gasteiger partial charge in [0.25, 0.3) is 5.91 Å². The second-order valence-electron chi connectivity index (χ2n) is 4.29. The van der Waals surface area contributed by atoms with Gasteiger partial charge in [0, 0.05) is 17.4 Å². The summed E-state index contributed by atoms with van der Waals surface area (Å²) in [6.45, 7) is 2.77. The van der Waals surface area contributed by atoms with E-state index in [0.717, 1.165) is 18.2 Å². The maximum atomic E-state index is 12.9. The lowest BCUT2D eigenvalue weighted by Crippen LogP contribution is -2.24. The lowest BCUT2D eigenvalue weighted by Gasteiger charge is -2.08.